The van der Waals surface area contributed by atoms with E-state index in [0.717, 1.165) is 5.56 Å². The summed E-state index contributed by atoms with van der Waals surface area (Å²) in [5.41, 5.74) is 6.38. The van der Waals surface area contributed by atoms with Crippen molar-refractivity contribution >= 4 is 23.4 Å². The van der Waals surface area contributed by atoms with Crippen molar-refractivity contribution in [1.82, 2.24) is 4.90 Å². The fourth-order valence-corrected chi connectivity index (χ4v) is 2.93. The van der Waals surface area contributed by atoms with Gasteiger partial charge in [0.15, 0.2) is 0 Å². The molecule has 4 nitrogen and oxygen atoms in total. The Balaban J connectivity index is 1.89. The van der Waals surface area contributed by atoms with E-state index in [1.165, 1.54) is 0 Å². The van der Waals surface area contributed by atoms with Crippen LogP contribution in [0.25, 0.3) is 0 Å². The summed E-state index contributed by atoms with van der Waals surface area (Å²) in [7, 11) is 0. The minimum atomic E-state index is -0.255. The zero-order valence-electron chi connectivity index (χ0n) is 12.2. The Morgan fingerprint density at radius 1 is 1.38 bits per heavy atom. The standard InChI is InChI=1S/C16H21ClN2O2/c1-11(13-3-2-4-14(17)10-13)9-15(20)19-7-5-12(6-8-19)16(18)21/h2-4,10-12H,5-9H2,1H3,(H2,18,21). The first kappa shape index (κ1) is 15.8. The first-order chi connectivity index (χ1) is 9.97. The second kappa shape index (κ2) is 6.94. The fourth-order valence-electron chi connectivity index (χ4n) is 2.74. The molecule has 2 rings (SSSR count). The number of carbonyl (C=O) groups excluding carboxylic acids is 2. The number of nitrogens with two attached hydrogens (primary N) is 1. The number of benzene rings is 1. The zero-order valence-corrected chi connectivity index (χ0v) is 13.0. The molecule has 1 aromatic carbocycles. The monoisotopic (exact) mass is 308 g/mol. The van der Waals surface area contributed by atoms with Crippen molar-refractivity contribution in [1.29, 1.82) is 0 Å². The van der Waals surface area contributed by atoms with Crippen LogP contribution in [-0.4, -0.2) is 29.8 Å². The maximum atomic E-state index is 12.3. The molecule has 0 radical (unpaired) electrons. The summed E-state index contributed by atoms with van der Waals surface area (Å²) in [6.07, 6.45) is 1.81. The molecule has 5 heteroatoms. The number of piperidine rings is 1. The number of hydrogen-bond donors (Lipinski definition) is 1. The van der Waals surface area contributed by atoms with Crippen LogP contribution in [0, 0.1) is 5.92 Å². The number of hydrogen-bond acceptors (Lipinski definition) is 2. The quantitative estimate of drug-likeness (QED) is 0.929. The second-order valence-electron chi connectivity index (χ2n) is 5.72. The van der Waals surface area contributed by atoms with Gasteiger partial charge >= 0.3 is 0 Å². The van der Waals surface area contributed by atoms with Crippen LogP contribution in [0.5, 0.6) is 0 Å². The van der Waals surface area contributed by atoms with Gasteiger partial charge in [-0.3, -0.25) is 9.59 Å². The fraction of sp³-hybridized carbons (Fsp3) is 0.500. The van der Waals surface area contributed by atoms with Crippen LogP contribution < -0.4 is 5.73 Å². The van der Waals surface area contributed by atoms with Crippen molar-refractivity contribution in [2.75, 3.05) is 13.1 Å². The maximum Gasteiger partial charge on any atom is 0.223 e. The zero-order chi connectivity index (χ0) is 15.4. The van der Waals surface area contributed by atoms with Crippen LogP contribution in [0.4, 0.5) is 0 Å². The minimum Gasteiger partial charge on any atom is -0.369 e. The van der Waals surface area contributed by atoms with Crippen molar-refractivity contribution in [2.45, 2.75) is 32.1 Å². The molecule has 1 aliphatic rings. The summed E-state index contributed by atoms with van der Waals surface area (Å²) in [5, 5.41) is 0.689. The van der Waals surface area contributed by atoms with Crippen LogP contribution in [0.3, 0.4) is 0 Å². The van der Waals surface area contributed by atoms with E-state index in [9.17, 15) is 9.59 Å². The number of carbonyl (C=O) groups is 2. The number of likely N-dealkylation sites (tertiary alicyclic amines) is 1. The first-order valence-corrected chi connectivity index (χ1v) is 7.67. The molecular formula is C16H21ClN2O2. The molecule has 0 spiro atoms. The van der Waals surface area contributed by atoms with Crippen molar-refractivity contribution < 1.29 is 9.59 Å². The molecule has 1 fully saturated rings. The van der Waals surface area contributed by atoms with Gasteiger partial charge in [-0.15, -0.1) is 0 Å². The molecule has 1 aliphatic heterocycles. The highest BCUT2D eigenvalue weighted by molar-refractivity contribution is 6.30. The third-order valence-electron chi connectivity index (χ3n) is 4.15. The average Bonchev–Trinajstić information content (AvgIpc) is 2.47. The topological polar surface area (TPSA) is 63.4 Å². The Morgan fingerprint density at radius 3 is 2.62 bits per heavy atom. The van der Waals surface area contributed by atoms with Gasteiger partial charge in [0, 0.05) is 30.5 Å². The Morgan fingerprint density at radius 2 is 2.05 bits per heavy atom. The third kappa shape index (κ3) is 4.21. The second-order valence-corrected chi connectivity index (χ2v) is 6.15. The average molecular weight is 309 g/mol. The summed E-state index contributed by atoms with van der Waals surface area (Å²) in [5.74, 6) is -0.0794. The van der Waals surface area contributed by atoms with Crippen molar-refractivity contribution in [3.05, 3.63) is 34.9 Å². The van der Waals surface area contributed by atoms with E-state index in [-0.39, 0.29) is 23.7 Å². The number of primary amides is 1. The lowest BCUT2D eigenvalue weighted by Crippen LogP contribution is -2.42. The lowest BCUT2D eigenvalue weighted by atomic mass is 9.94. The molecule has 1 saturated heterocycles. The van der Waals surface area contributed by atoms with E-state index in [1.807, 2.05) is 36.1 Å². The lowest BCUT2D eigenvalue weighted by molar-refractivity contribution is -0.135. The Bertz CT molecular complexity index is 525. The molecule has 1 aromatic rings. The molecule has 2 amide bonds. The highest BCUT2D eigenvalue weighted by atomic mass is 35.5. The molecule has 1 heterocycles. The molecule has 1 atom stereocenters. The predicted octanol–water partition coefficient (Wildman–Crippen LogP) is 2.56. The van der Waals surface area contributed by atoms with E-state index in [4.69, 9.17) is 17.3 Å². The Kier molecular flexibility index (Phi) is 5.23. The summed E-state index contributed by atoms with van der Waals surface area (Å²) >= 11 is 5.98. The molecule has 2 N–H and O–H groups in total. The minimum absolute atomic E-state index is 0.0839. The highest BCUT2D eigenvalue weighted by Crippen LogP contribution is 2.24. The number of halogens is 1. The van der Waals surface area contributed by atoms with E-state index < -0.39 is 0 Å². The predicted molar refractivity (Wildman–Crippen MR) is 83.0 cm³/mol. The molecule has 0 bridgehead atoms. The molecule has 21 heavy (non-hydrogen) atoms. The lowest BCUT2D eigenvalue weighted by Gasteiger charge is -2.31. The van der Waals surface area contributed by atoms with Crippen molar-refractivity contribution in [3.8, 4) is 0 Å². The van der Waals surface area contributed by atoms with Gasteiger partial charge in [0.05, 0.1) is 0 Å². The number of rotatable bonds is 4. The van der Waals surface area contributed by atoms with Crippen LogP contribution in [-0.2, 0) is 9.59 Å². The van der Waals surface area contributed by atoms with Crippen LogP contribution >= 0.6 is 11.6 Å². The maximum absolute atomic E-state index is 12.3. The smallest absolute Gasteiger partial charge is 0.223 e. The summed E-state index contributed by atoms with van der Waals surface area (Å²) < 4.78 is 0. The molecular weight excluding hydrogens is 288 g/mol. The highest BCUT2D eigenvalue weighted by Gasteiger charge is 2.26. The number of nitrogens with zero attached hydrogens (tertiary/aromatic N) is 1. The van der Waals surface area contributed by atoms with Gasteiger partial charge < -0.3 is 10.6 Å². The summed E-state index contributed by atoms with van der Waals surface area (Å²) in [4.78, 5) is 25.3. The van der Waals surface area contributed by atoms with E-state index >= 15 is 0 Å². The van der Waals surface area contributed by atoms with Gasteiger partial charge in [0.25, 0.3) is 0 Å². The van der Waals surface area contributed by atoms with Crippen LogP contribution in [0.15, 0.2) is 24.3 Å². The summed E-state index contributed by atoms with van der Waals surface area (Å²) in [6, 6.07) is 7.62. The molecule has 0 saturated carbocycles. The van der Waals surface area contributed by atoms with Gasteiger partial charge in [-0.2, -0.15) is 0 Å². The van der Waals surface area contributed by atoms with E-state index in [2.05, 4.69) is 0 Å². The van der Waals surface area contributed by atoms with Gasteiger partial charge in [-0.1, -0.05) is 30.7 Å². The van der Waals surface area contributed by atoms with Crippen molar-refractivity contribution in [3.63, 3.8) is 0 Å². The Labute approximate surface area is 130 Å². The van der Waals surface area contributed by atoms with Gasteiger partial charge in [-0.25, -0.2) is 0 Å². The van der Waals surface area contributed by atoms with Gasteiger partial charge in [-0.05, 0) is 36.5 Å². The largest absolute Gasteiger partial charge is 0.369 e. The summed E-state index contributed by atoms with van der Waals surface area (Å²) in [6.45, 7) is 3.27. The molecule has 114 valence electrons. The Hall–Kier alpha value is -1.55. The molecule has 0 aromatic heterocycles. The third-order valence-corrected chi connectivity index (χ3v) is 4.38. The van der Waals surface area contributed by atoms with Crippen LogP contribution in [0.1, 0.15) is 37.7 Å². The molecule has 1 unspecified atom stereocenters. The normalized spacial score (nSPS) is 17.5. The SMILES string of the molecule is CC(CC(=O)N1CCC(C(N)=O)CC1)c1cccc(Cl)c1. The van der Waals surface area contributed by atoms with Crippen molar-refractivity contribution in [2.24, 2.45) is 11.7 Å². The van der Waals surface area contributed by atoms with Gasteiger partial charge in [0.1, 0.15) is 0 Å². The first-order valence-electron chi connectivity index (χ1n) is 7.30. The van der Waals surface area contributed by atoms with E-state index in [1.54, 1.807) is 0 Å². The molecule has 0 aliphatic carbocycles. The van der Waals surface area contributed by atoms with E-state index in [0.29, 0.717) is 37.4 Å². The number of amides is 2. The van der Waals surface area contributed by atoms with Gasteiger partial charge in [0.2, 0.25) is 11.8 Å². The van der Waals surface area contributed by atoms with Crippen LogP contribution in [0.2, 0.25) is 5.02 Å².